The van der Waals surface area contributed by atoms with Crippen LogP contribution in [0.3, 0.4) is 0 Å². The summed E-state index contributed by atoms with van der Waals surface area (Å²) in [5.74, 6) is 0.148. The van der Waals surface area contributed by atoms with Crippen molar-refractivity contribution in [1.29, 1.82) is 0 Å². The minimum atomic E-state index is -0.0510. The standard InChI is InChI=1S/C18H16O4/c1-21-17-15(19)13-9-8-12(11-6-4-3-5-7-11)10-14(13)16(20)18(17)22-2/h3-10,19-20H,1-2H3. The number of fused-ring (bicyclic) bond motifs is 1. The van der Waals surface area contributed by atoms with E-state index in [0.717, 1.165) is 11.1 Å². The van der Waals surface area contributed by atoms with Crippen molar-refractivity contribution < 1.29 is 19.7 Å². The molecule has 0 spiro atoms. The van der Waals surface area contributed by atoms with Crippen LogP contribution in [0.15, 0.2) is 48.5 Å². The molecule has 0 atom stereocenters. The first-order valence-corrected chi connectivity index (χ1v) is 6.82. The predicted molar refractivity (Wildman–Crippen MR) is 85.8 cm³/mol. The highest BCUT2D eigenvalue weighted by Crippen LogP contribution is 2.50. The van der Waals surface area contributed by atoms with Crippen LogP contribution in [0.4, 0.5) is 0 Å². The Bertz CT molecular complexity index is 826. The van der Waals surface area contributed by atoms with Gasteiger partial charge in [0.25, 0.3) is 0 Å². The van der Waals surface area contributed by atoms with E-state index < -0.39 is 0 Å². The lowest BCUT2D eigenvalue weighted by Gasteiger charge is -2.15. The largest absolute Gasteiger partial charge is 0.504 e. The van der Waals surface area contributed by atoms with Crippen LogP contribution in [0, 0.1) is 0 Å². The van der Waals surface area contributed by atoms with Crippen molar-refractivity contribution in [2.24, 2.45) is 0 Å². The highest BCUT2D eigenvalue weighted by atomic mass is 16.5. The van der Waals surface area contributed by atoms with Crippen LogP contribution in [0.25, 0.3) is 21.9 Å². The van der Waals surface area contributed by atoms with Crippen molar-refractivity contribution in [3.05, 3.63) is 48.5 Å². The summed E-state index contributed by atoms with van der Waals surface area (Å²) in [5.41, 5.74) is 1.97. The van der Waals surface area contributed by atoms with Gasteiger partial charge in [0, 0.05) is 10.8 Å². The Balaban J connectivity index is 2.31. The summed E-state index contributed by atoms with van der Waals surface area (Å²) in [6.45, 7) is 0. The van der Waals surface area contributed by atoms with Gasteiger partial charge in [-0.25, -0.2) is 0 Å². The van der Waals surface area contributed by atoms with Gasteiger partial charge in [-0.2, -0.15) is 0 Å². The topological polar surface area (TPSA) is 58.9 Å². The molecule has 3 rings (SSSR count). The lowest BCUT2D eigenvalue weighted by atomic mass is 9.99. The predicted octanol–water partition coefficient (Wildman–Crippen LogP) is 3.94. The second kappa shape index (κ2) is 5.48. The van der Waals surface area contributed by atoms with Crippen LogP contribution in [0.5, 0.6) is 23.0 Å². The van der Waals surface area contributed by atoms with E-state index in [2.05, 4.69) is 0 Å². The molecule has 0 unspecified atom stereocenters. The van der Waals surface area contributed by atoms with Crippen molar-refractivity contribution in [1.82, 2.24) is 0 Å². The number of hydrogen-bond acceptors (Lipinski definition) is 4. The molecular weight excluding hydrogens is 280 g/mol. The summed E-state index contributed by atoms with van der Waals surface area (Å²) in [4.78, 5) is 0. The molecule has 0 amide bonds. The van der Waals surface area contributed by atoms with Crippen LogP contribution < -0.4 is 9.47 Å². The van der Waals surface area contributed by atoms with Crippen LogP contribution in [0.2, 0.25) is 0 Å². The summed E-state index contributed by atoms with van der Waals surface area (Å²) in [5, 5.41) is 21.8. The van der Waals surface area contributed by atoms with E-state index >= 15 is 0 Å². The summed E-state index contributed by atoms with van der Waals surface area (Å²) in [6.07, 6.45) is 0. The monoisotopic (exact) mass is 296 g/mol. The fourth-order valence-electron chi connectivity index (χ4n) is 2.60. The van der Waals surface area contributed by atoms with E-state index in [-0.39, 0.29) is 23.0 Å². The molecule has 112 valence electrons. The maximum absolute atomic E-state index is 10.4. The second-order valence-electron chi connectivity index (χ2n) is 4.89. The van der Waals surface area contributed by atoms with Crippen molar-refractivity contribution in [2.75, 3.05) is 14.2 Å². The van der Waals surface area contributed by atoms with Gasteiger partial charge in [0.15, 0.2) is 11.5 Å². The highest BCUT2D eigenvalue weighted by Gasteiger charge is 2.20. The average Bonchev–Trinajstić information content (AvgIpc) is 2.58. The Hall–Kier alpha value is -2.88. The Morgan fingerprint density at radius 2 is 1.27 bits per heavy atom. The van der Waals surface area contributed by atoms with E-state index in [9.17, 15) is 10.2 Å². The van der Waals surface area contributed by atoms with Crippen molar-refractivity contribution in [2.45, 2.75) is 0 Å². The molecule has 0 aliphatic rings. The molecule has 0 radical (unpaired) electrons. The third-order valence-electron chi connectivity index (χ3n) is 3.68. The molecule has 0 fully saturated rings. The molecule has 4 nitrogen and oxygen atoms in total. The molecule has 0 heterocycles. The molecule has 4 heteroatoms. The van der Waals surface area contributed by atoms with E-state index in [1.807, 2.05) is 42.5 Å². The first kappa shape index (κ1) is 14.1. The first-order chi connectivity index (χ1) is 10.7. The van der Waals surface area contributed by atoms with E-state index in [0.29, 0.717) is 10.8 Å². The molecular formula is C18H16O4. The van der Waals surface area contributed by atoms with Gasteiger partial charge in [-0.15, -0.1) is 0 Å². The SMILES string of the molecule is COc1c(OC)c(O)c2cc(-c3ccccc3)ccc2c1O. The lowest BCUT2D eigenvalue weighted by molar-refractivity contribution is 0.320. The molecule has 2 N–H and O–H groups in total. The van der Waals surface area contributed by atoms with Gasteiger partial charge in [0.05, 0.1) is 14.2 Å². The Kier molecular flexibility index (Phi) is 3.51. The third kappa shape index (κ3) is 2.09. The zero-order chi connectivity index (χ0) is 15.7. The molecule has 0 saturated heterocycles. The van der Waals surface area contributed by atoms with E-state index in [1.54, 1.807) is 6.07 Å². The van der Waals surface area contributed by atoms with Crippen LogP contribution in [-0.2, 0) is 0 Å². The van der Waals surface area contributed by atoms with Crippen LogP contribution in [0.1, 0.15) is 0 Å². The van der Waals surface area contributed by atoms with E-state index in [4.69, 9.17) is 9.47 Å². The Labute approximate surface area is 128 Å². The molecule has 0 aliphatic carbocycles. The molecule has 0 aliphatic heterocycles. The van der Waals surface area contributed by atoms with Gasteiger partial charge in [-0.05, 0) is 23.3 Å². The van der Waals surface area contributed by atoms with E-state index in [1.165, 1.54) is 14.2 Å². The minimum Gasteiger partial charge on any atom is -0.504 e. The number of rotatable bonds is 3. The number of phenolic OH excluding ortho intramolecular Hbond substituents is 2. The second-order valence-corrected chi connectivity index (χ2v) is 4.89. The summed E-state index contributed by atoms with van der Waals surface area (Å²) in [6, 6.07) is 15.3. The smallest absolute Gasteiger partial charge is 0.207 e. The summed E-state index contributed by atoms with van der Waals surface area (Å²) < 4.78 is 10.3. The zero-order valence-corrected chi connectivity index (χ0v) is 12.3. The quantitative estimate of drug-likeness (QED) is 0.719. The van der Waals surface area contributed by atoms with Crippen molar-refractivity contribution >= 4 is 10.8 Å². The molecule has 3 aromatic carbocycles. The molecule has 0 saturated carbocycles. The lowest BCUT2D eigenvalue weighted by Crippen LogP contribution is -1.93. The average molecular weight is 296 g/mol. The number of methoxy groups -OCH3 is 2. The number of phenols is 2. The first-order valence-electron chi connectivity index (χ1n) is 6.82. The van der Waals surface area contributed by atoms with Gasteiger partial charge < -0.3 is 19.7 Å². The third-order valence-corrected chi connectivity index (χ3v) is 3.68. The van der Waals surface area contributed by atoms with Gasteiger partial charge in [0.1, 0.15) is 0 Å². The van der Waals surface area contributed by atoms with Gasteiger partial charge in [-0.1, -0.05) is 36.4 Å². The minimum absolute atomic E-state index is 0.0493. The number of aromatic hydroxyl groups is 2. The fraction of sp³-hybridized carbons (Fsp3) is 0.111. The molecule has 0 aromatic heterocycles. The Morgan fingerprint density at radius 1 is 0.682 bits per heavy atom. The maximum Gasteiger partial charge on any atom is 0.207 e. The van der Waals surface area contributed by atoms with Crippen LogP contribution in [-0.4, -0.2) is 24.4 Å². The Morgan fingerprint density at radius 3 is 1.86 bits per heavy atom. The summed E-state index contributed by atoms with van der Waals surface area (Å²) >= 11 is 0. The summed E-state index contributed by atoms with van der Waals surface area (Å²) in [7, 11) is 2.84. The molecule has 22 heavy (non-hydrogen) atoms. The van der Waals surface area contributed by atoms with Gasteiger partial charge >= 0.3 is 0 Å². The maximum atomic E-state index is 10.4. The normalized spacial score (nSPS) is 10.6. The van der Waals surface area contributed by atoms with Crippen LogP contribution >= 0.6 is 0 Å². The van der Waals surface area contributed by atoms with Gasteiger partial charge in [0.2, 0.25) is 11.5 Å². The fourth-order valence-corrected chi connectivity index (χ4v) is 2.60. The zero-order valence-electron chi connectivity index (χ0n) is 12.3. The number of benzene rings is 3. The van der Waals surface area contributed by atoms with Gasteiger partial charge in [-0.3, -0.25) is 0 Å². The van der Waals surface area contributed by atoms with Crippen molar-refractivity contribution in [3.63, 3.8) is 0 Å². The highest BCUT2D eigenvalue weighted by molar-refractivity contribution is 6.00. The molecule has 0 bridgehead atoms. The molecule has 3 aromatic rings. The number of hydrogen-bond donors (Lipinski definition) is 2. The van der Waals surface area contributed by atoms with Crippen molar-refractivity contribution in [3.8, 4) is 34.1 Å². The number of ether oxygens (including phenoxy) is 2.